The van der Waals surface area contributed by atoms with Gasteiger partial charge in [0.1, 0.15) is 5.75 Å². The summed E-state index contributed by atoms with van der Waals surface area (Å²) in [5, 5.41) is 2.30. The molecule has 4 heterocycles. The van der Waals surface area contributed by atoms with Gasteiger partial charge in [-0.05, 0) is 65.3 Å². The van der Waals surface area contributed by atoms with Crippen molar-refractivity contribution in [3.63, 3.8) is 0 Å². The van der Waals surface area contributed by atoms with Gasteiger partial charge in [0.2, 0.25) is 0 Å². The molecule has 1 aliphatic heterocycles. The molecule has 3 aromatic carbocycles. The molecular weight excluding hydrogens is 490 g/mol. The number of para-hydroxylation sites is 1. The molecule has 0 N–H and O–H groups in total. The summed E-state index contributed by atoms with van der Waals surface area (Å²) in [5.41, 5.74) is 12.0. The standard InChI is InChI=1S/C36H25N3O/c1-2-10-23-20-37-30(19-22(23)9-1)29-18-17-24(21-38-29)39-31-15-7-5-13-27(31)33-25-11-3-4-12-26(25)34-28-14-6-8-16-32(28)40-36(34)35(33)39/h1-4,6-12,14-21,34,36H,5,13H2/t34-,36?/m1/s1. The number of allylic oxidation sites excluding steroid dienone is 1. The molecule has 0 bridgehead atoms. The van der Waals surface area contributed by atoms with Crippen LogP contribution in [0.2, 0.25) is 0 Å². The largest absolute Gasteiger partial charge is 0.483 e. The highest BCUT2D eigenvalue weighted by atomic mass is 16.5. The second-order valence-corrected chi connectivity index (χ2v) is 10.9. The topological polar surface area (TPSA) is 39.9 Å². The highest BCUT2D eigenvalue weighted by Gasteiger charge is 2.46. The van der Waals surface area contributed by atoms with Gasteiger partial charge in [-0.25, -0.2) is 0 Å². The molecule has 0 fully saturated rings. The molecule has 2 aliphatic carbocycles. The Hall–Kier alpha value is -4.96. The van der Waals surface area contributed by atoms with Gasteiger partial charge in [-0.15, -0.1) is 0 Å². The van der Waals surface area contributed by atoms with Gasteiger partial charge < -0.3 is 9.30 Å². The van der Waals surface area contributed by atoms with E-state index in [0.29, 0.717) is 0 Å². The molecule has 0 saturated heterocycles. The van der Waals surface area contributed by atoms with Gasteiger partial charge in [0.25, 0.3) is 0 Å². The second kappa shape index (κ2) is 8.27. The monoisotopic (exact) mass is 515 g/mol. The van der Waals surface area contributed by atoms with E-state index in [2.05, 4.69) is 102 Å². The fourth-order valence-electron chi connectivity index (χ4n) is 7.00. The van der Waals surface area contributed by atoms with Gasteiger partial charge in [0.15, 0.2) is 6.10 Å². The summed E-state index contributed by atoms with van der Waals surface area (Å²) in [6, 6.07) is 32.1. The van der Waals surface area contributed by atoms with E-state index in [1.807, 2.05) is 18.5 Å². The Kier molecular flexibility index (Phi) is 4.53. The predicted molar refractivity (Wildman–Crippen MR) is 159 cm³/mol. The first-order chi connectivity index (χ1) is 19.8. The molecule has 9 rings (SSSR count). The summed E-state index contributed by atoms with van der Waals surface area (Å²) in [4.78, 5) is 9.63. The van der Waals surface area contributed by atoms with E-state index in [0.717, 1.165) is 41.1 Å². The zero-order valence-corrected chi connectivity index (χ0v) is 21.8. The first kappa shape index (κ1) is 21.9. The number of ether oxygens (including phenoxy) is 1. The summed E-state index contributed by atoms with van der Waals surface area (Å²) < 4.78 is 9.20. The first-order valence-electron chi connectivity index (χ1n) is 14.0. The molecule has 40 heavy (non-hydrogen) atoms. The third-order valence-corrected chi connectivity index (χ3v) is 8.73. The van der Waals surface area contributed by atoms with E-state index in [4.69, 9.17) is 14.7 Å². The Morgan fingerprint density at radius 1 is 0.750 bits per heavy atom. The molecule has 6 aromatic rings. The number of hydrogen-bond acceptors (Lipinski definition) is 3. The maximum atomic E-state index is 6.79. The van der Waals surface area contributed by atoms with Crippen molar-refractivity contribution in [1.29, 1.82) is 0 Å². The molecule has 0 saturated carbocycles. The van der Waals surface area contributed by atoms with Crippen LogP contribution in [0, 0.1) is 0 Å². The molecular formula is C36H25N3O. The molecule has 3 aromatic heterocycles. The smallest absolute Gasteiger partial charge is 0.151 e. The van der Waals surface area contributed by atoms with Crippen LogP contribution in [-0.2, 0) is 6.42 Å². The quantitative estimate of drug-likeness (QED) is 0.233. The van der Waals surface area contributed by atoms with Crippen molar-refractivity contribution in [1.82, 2.24) is 14.5 Å². The van der Waals surface area contributed by atoms with Gasteiger partial charge >= 0.3 is 0 Å². The number of aromatic nitrogens is 3. The van der Waals surface area contributed by atoms with Gasteiger partial charge in [0.05, 0.1) is 34.9 Å². The van der Waals surface area contributed by atoms with Gasteiger partial charge in [0, 0.05) is 28.4 Å². The highest BCUT2D eigenvalue weighted by molar-refractivity contribution is 5.86. The van der Waals surface area contributed by atoms with Crippen LogP contribution in [0.5, 0.6) is 5.75 Å². The molecule has 0 amide bonds. The third kappa shape index (κ3) is 3.02. The Morgan fingerprint density at radius 2 is 1.55 bits per heavy atom. The van der Waals surface area contributed by atoms with Crippen molar-refractivity contribution in [2.75, 3.05) is 0 Å². The number of nitrogens with zero attached hydrogens (tertiary/aromatic N) is 3. The first-order valence-corrected chi connectivity index (χ1v) is 14.0. The van der Waals surface area contributed by atoms with Crippen LogP contribution in [0.15, 0.2) is 109 Å². The number of fused-ring (bicyclic) bond motifs is 11. The zero-order valence-electron chi connectivity index (χ0n) is 21.8. The van der Waals surface area contributed by atoms with Crippen LogP contribution < -0.4 is 4.74 Å². The number of benzene rings is 3. The molecule has 4 nitrogen and oxygen atoms in total. The van der Waals surface area contributed by atoms with Crippen molar-refractivity contribution in [3.8, 4) is 34.0 Å². The van der Waals surface area contributed by atoms with Gasteiger partial charge in [-0.3, -0.25) is 9.97 Å². The second-order valence-electron chi connectivity index (χ2n) is 10.9. The lowest BCUT2D eigenvalue weighted by Crippen LogP contribution is -2.21. The van der Waals surface area contributed by atoms with Crippen LogP contribution in [0.25, 0.3) is 45.1 Å². The summed E-state index contributed by atoms with van der Waals surface area (Å²) in [6.45, 7) is 0. The van der Waals surface area contributed by atoms with E-state index in [9.17, 15) is 0 Å². The van der Waals surface area contributed by atoms with E-state index >= 15 is 0 Å². The maximum Gasteiger partial charge on any atom is 0.151 e. The Bertz CT molecular complexity index is 2000. The summed E-state index contributed by atoms with van der Waals surface area (Å²) in [5.74, 6) is 1.14. The lowest BCUT2D eigenvalue weighted by Gasteiger charge is -2.30. The van der Waals surface area contributed by atoms with Crippen LogP contribution in [-0.4, -0.2) is 14.5 Å². The summed E-state index contributed by atoms with van der Waals surface area (Å²) in [6.07, 6.45) is 10.5. The predicted octanol–water partition coefficient (Wildman–Crippen LogP) is 8.29. The maximum absolute atomic E-state index is 6.79. The lowest BCUT2D eigenvalue weighted by atomic mass is 9.76. The van der Waals surface area contributed by atoms with Crippen LogP contribution >= 0.6 is 0 Å². The molecule has 0 spiro atoms. The Morgan fingerprint density at radius 3 is 2.45 bits per heavy atom. The minimum atomic E-state index is -0.0943. The van der Waals surface area contributed by atoms with Crippen molar-refractivity contribution >= 4 is 16.8 Å². The van der Waals surface area contributed by atoms with Gasteiger partial charge in [-0.1, -0.05) is 72.8 Å². The number of hydrogen-bond donors (Lipinski definition) is 0. The average molecular weight is 516 g/mol. The van der Waals surface area contributed by atoms with E-state index in [1.54, 1.807) is 0 Å². The van der Waals surface area contributed by atoms with Gasteiger partial charge in [-0.2, -0.15) is 0 Å². The lowest BCUT2D eigenvalue weighted by molar-refractivity contribution is 0.213. The number of rotatable bonds is 2. The minimum Gasteiger partial charge on any atom is -0.483 e. The van der Waals surface area contributed by atoms with E-state index < -0.39 is 0 Å². The normalized spacial score (nSPS) is 17.9. The third-order valence-electron chi connectivity index (χ3n) is 8.73. The van der Waals surface area contributed by atoms with Crippen molar-refractivity contribution in [2.24, 2.45) is 0 Å². The fraction of sp³-hybridized carbons (Fsp3) is 0.111. The zero-order chi connectivity index (χ0) is 26.2. The van der Waals surface area contributed by atoms with Crippen LogP contribution in [0.3, 0.4) is 0 Å². The van der Waals surface area contributed by atoms with Crippen LogP contribution in [0.1, 0.15) is 46.5 Å². The van der Waals surface area contributed by atoms with Crippen molar-refractivity contribution < 1.29 is 4.74 Å². The molecule has 1 unspecified atom stereocenters. The molecule has 4 heteroatoms. The van der Waals surface area contributed by atoms with Crippen molar-refractivity contribution in [2.45, 2.75) is 24.9 Å². The highest BCUT2D eigenvalue weighted by Crippen LogP contribution is 2.58. The average Bonchev–Trinajstić information content (AvgIpc) is 3.58. The number of pyridine rings is 2. The minimum absolute atomic E-state index is 0.0943. The van der Waals surface area contributed by atoms with E-state index in [-0.39, 0.29) is 12.0 Å². The fourth-order valence-corrected chi connectivity index (χ4v) is 7.00. The summed E-state index contributed by atoms with van der Waals surface area (Å²) >= 11 is 0. The SMILES string of the molecule is C1=Cc2c(c3c(n2-c2ccc(-c4cc5ccccc5cn4)nc2)C2Oc4ccccc4[C@H]2c2ccccc2-3)CC1. The molecule has 3 aliphatic rings. The van der Waals surface area contributed by atoms with Crippen molar-refractivity contribution in [3.05, 3.63) is 138 Å². The molecule has 0 radical (unpaired) electrons. The molecule has 2 atom stereocenters. The van der Waals surface area contributed by atoms with E-state index in [1.165, 1.54) is 44.6 Å². The Labute approximate surface area is 232 Å². The Balaban J connectivity index is 1.24. The summed E-state index contributed by atoms with van der Waals surface area (Å²) in [7, 11) is 0. The van der Waals surface area contributed by atoms with Crippen LogP contribution in [0.4, 0.5) is 0 Å². The molecule has 190 valence electrons.